The van der Waals surface area contributed by atoms with Gasteiger partial charge in [0.25, 0.3) is 5.91 Å². The minimum Gasteiger partial charge on any atom is -0.336 e. The molecule has 0 unspecified atom stereocenters. The normalized spacial score (nSPS) is 19.3. The number of hydrogen-bond acceptors (Lipinski definition) is 4. The molecule has 1 aliphatic heterocycles. The lowest BCUT2D eigenvalue weighted by Crippen LogP contribution is -2.42. The first-order valence-electron chi connectivity index (χ1n) is 9.47. The topological polar surface area (TPSA) is 53.0 Å². The third-order valence-electron chi connectivity index (χ3n) is 5.44. The molecule has 2 aliphatic rings. The summed E-state index contributed by atoms with van der Waals surface area (Å²) in [7, 11) is 1.70. The van der Waals surface area contributed by atoms with Crippen LogP contribution in [0.2, 0.25) is 5.02 Å². The smallest absolute Gasteiger partial charge is 0.262 e. The molecule has 2 heterocycles. The van der Waals surface area contributed by atoms with Gasteiger partial charge in [-0.3, -0.25) is 9.59 Å². The van der Waals surface area contributed by atoms with Crippen LogP contribution in [0.25, 0.3) is 0 Å². The Morgan fingerprint density at radius 1 is 1.25 bits per heavy atom. The number of halogens is 1. The highest BCUT2D eigenvalue weighted by Gasteiger charge is 2.36. The SMILES string of the molecule is CN(CC(=O)N1N=C(c2cccs2)C[C@H]1c1ccccc1Cl)C(=O)C1CCC1. The van der Waals surface area contributed by atoms with Gasteiger partial charge in [-0.15, -0.1) is 11.3 Å². The zero-order chi connectivity index (χ0) is 19.7. The zero-order valence-electron chi connectivity index (χ0n) is 15.7. The number of rotatable bonds is 5. The van der Waals surface area contributed by atoms with Gasteiger partial charge in [-0.1, -0.05) is 42.3 Å². The van der Waals surface area contributed by atoms with Crippen molar-refractivity contribution in [2.45, 2.75) is 31.7 Å². The van der Waals surface area contributed by atoms with E-state index in [1.165, 1.54) is 9.91 Å². The van der Waals surface area contributed by atoms with Gasteiger partial charge in [-0.25, -0.2) is 5.01 Å². The molecule has 1 aliphatic carbocycles. The first-order chi connectivity index (χ1) is 13.5. The highest BCUT2D eigenvalue weighted by atomic mass is 35.5. The summed E-state index contributed by atoms with van der Waals surface area (Å²) in [5.74, 6) is -0.0666. The van der Waals surface area contributed by atoms with Gasteiger partial charge in [0.2, 0.25) is 5.91 Å². The predicted molar refractivity (Wildman–Crippen MR) is 111 cm³/mol. The van der Waals surface area contributed by atoms with Crippen molar-refractivity contribution in [3.05, 3.63) is 57.2 Å². The summed E-state index contributed by atoms with van der Waals surface area (Å²) in [4.78, 5) is 28.1. The molecule has 1 fully saturated rings. The van der Waals surface area contributed by atoms with E-state index in [-0.39, 0.29) is 30.3 Å². The van der Waals surface area contributed by atoms with Gasteiger partial charge in [0.05, 0.1) is 16.6 Å². The number of hydrogen-bond donors (Lipinski definition) is 0. The molecule has 0 bridgehead atoms. The highest BCUT2D eigenvalue weighted by Crippen LogP contribution is 2.37. The quantitative estimate of drug-likeness (QED) is 0.729. The van der Waals surface area contributed by atoms with Crippen LogP contribution >= 0.6 is 22.9 Å². The molecule has 7 heteroatoms. The molecule has 0 saturated heterocycles. The molecule has 0 spiro atoms. The average molecular weight is 416 g/mol. The van der Waals surface area contributed by atoms with Crippen molar-refractivity contribution in [3.8, 4) is 0 Å². The number of carbonyl (C=O) groups excluding carboxylic acids is 2. The lowest BCUT2D eigenvalue weighted by molar-refractivity contribution is -0.144. The minimum absolute atomic E-state index is 0.0253. The van der Waals surface area contributed by atoms with Crippen molar-refractivity contribution in [1.29, 1.82) is 0 Å². The molecule has 146 valence electrons. The van der Waals surface area contributed by atoms with E-state index in [0.717, 1.165) is 35.4 Å². The van der Waals surface area contributed by atoms with Gasteiger partial charge in [0.15, 0.2) is 0 Å². The minimum atomic E-state index is -0.259. The number of hydrazone groups is 1. The number of benzene rings is 1. The lowest BCUT2D eigenvalue weighted by atomic mass is 9.84. The summed E-state index contributed by atoms with van der Waals surface area (Å²) in [5.41, 5.74) is 1.75. The number of carbonyl (C=O) groups is 2. The fourth-order valence-electron chi connectivity index (χ4n) is 3.64. The molecule has 1 saturated carbocycles. The van der Waals surface area contributed by atoms with Gasteiger partial charge >= 0.3 is 0 Å². The maximum Gasteiger partial charge on any atom is 0.262 e. The first kappa shape index (κ1) is 19.2. The molecule has 2 amide bonds. The average Bonchev–Trinajstić information content (AvgIpc) is 3.30. The molecule has 1 atom stereocenters. The monoisotopic (exact) mass is 415 g/mol. The van der Waals surface area contributed by atoms with Crippen LogP contribution in [0.5, 0.6) is 0 Å². The summed E-state index contributed by atoms with van der Waals surface area (Å²) in [5, 5.41) is 8.77. The third kappa shape index (κ3) is 3.71. The van der Waals surface area contributed by atoms with Gasteiger partial charge < -0.3 is 4.90 Å². The van der Waals surface area contributed by atoms with Crippen LogP contribution in [0.4, 0.5) is 0 Å². The maximum atomic E-state index is 13.1. The Morgan fingerprint density at radius 2 is 2.04 bits per heavy atom. The van der Waals surface area contributed by atoms with E-state index in [4.69, 9.17) is 11.6 Å². The fourth-order valence-corrected chi connectivity index (χ4v) is 4.62. The predicted octanol–water partition coefficient (Wildman–Crippen LogP) is 4.34. The van der Waals surface area contributed by atoms with Gasteiger partial charge in [-0.05, 0) is 35.9 Å². The Balaban J connectivity index is 1.57. The molecular formula is C21H22ClN3O2S. The molecule has 5 nitrogen and oxygen atoms in total. The number of likely N-dealkylation sites (N-methyl/N-ethyl adjacent to an activating group) is 1. The summed E-state index contributed by atoms with van der Waals surface area (Å²) in [6, 6.07) is 11.3. The molecule has 0 N–H and O–H groups in total. The second kappa shape index (κ2) is 8.05. The van der Waals surface area contributed by atoms with E-state index in [2.05, 4.69) is 5.10 Å². The third-order valence-corrected chi connectivity index (χ3v) is 6.70. The molecule has 1 aromatic heterocycles. The Kier molecular flexibility index (Phi) is 5.51. The van der Waals surface area contributed by atoms with Crippen LogP contribution in [0.15, 0.2) is 46.9 Å². The van der Waals surface area contributed by atoms with Gasteiger partial charge in [0, 0.05) is 24.4 Å². The summed E-state index contributed by atoms with van der Waals surface area (Å²) >= 11 is 8.02. The second-order valence-corrected chi connectivity index (χ2v) is 8.68. The van der Waals surface area contributed by atoms with Crippen molar-refractivity contribution in [1.82, 2.24) is 9.91 Å². The molecular weight excluding hydrogens is 394 g/mol. The fraction of sp³-hybridized carbons (Fsp3) is 0.381. The van der Waals surface area contributed by atoms with Gasteiger partial charge in [0.1, 0.15) is 6.54 Å². The molecule has 4 rings (SSSR count). The van der Waals surface area contributed by atoms with Crippen LogP contribution in [0.1, 0.15) is 42.2 Å². The van der Waals surface area contributed by atoms with Crippen molar-refractivity contribution in [3.63, 3.8) is 0 Å². The molecule has 2 aromatic rings. The molecule has 28 heavy (non-hydrogen) atoms. The Hall–Kier alpha value is -2.18. The van der Waals surface area contributed by atoms with E-state index < -0.39 is 0 Å². The van der Waals surface area contributed by atoms with Crippen molar-refractivity contribution < 1.29 is 9.59 Å². The highest BCUT2D eigenvalue weighted by molar-refractivity contribution is 7.12. The molecule has 0 radical (unpaired) electrons. The molecule has 1 aromatic carbocycles. The van der Waals surface area contributed by atoms with Crippen molar-refractivity contribution >= 4 is 40.5 Å². The first-order valence-corrected chi connectivity index (χ1v) is 10.7. The summed E-state index contributed by atoms with van der Waals surface area (Å²) < 4.78 is 0. The summed E-state index contributed by atoms with van der Waals surface area (Å²) in [6.07, 6.45) is 3.54. The van der Waals surface area contributed by atoms with Crippen LogP contribution in [0.3, 0.4) is 0 Å². The summed E-state index contributed by atoms with van der Waals surface area (Å²) in [6.45, 7) is 0.0253. The zero-order valence-corrected chi connectivity index (χ0v) is 17.2. The second-order valence-electron chi connectivity index (χ2n) is 7.33. The van der Waals surface area contributed by atoms with E-state index in [0.29, 0.717) is 11.4 Å². The number of nitrogens with zero attached hydrogens (tertiary/aromatic N) is 3. The Labute approximate surface area is 173 Å². The number of amides is 2. The van der Waals surface area contributed by atoms with E-state index in [1.54, 1.807) is 18.4 Å². The van der Waals surface area contributed by atoms with Crippen LogP contribution in [-0.4, -0.2) is 41.0 Å². The van der Waals surface area contributed by atoms with Gasteiger partial charge in [-0.2, -0.15) is 5.10 Å². The van der Waals surface area contributed by atoms with Crippen LogP contribution in [0, 0.1) is 5.92 Å². The van der Waals surface area contributed by atoms with Crippen molar-refractivity contribution in [2.24, 2.45) is 11.0 Å². The number of thiophene rings is 1. The lowest BCUT2D eigenvalue weighted by Gasteiger charge is -2.30. The van der Waals surface area contributed by atoms with E-state index in [9.17, 15) is 9.59 Å². The Morgan fingerprint density at radius 3 is 2.68 bits per heavy atom. The Bertz CT molecular complexity index is 908. The maximum absolute atomic E-state index is 13.1. The van der Waals surface area contributed by atoms with Crippen molar-refractivity contribution in [2.75, 3.05) is 13.6 Å². The van der Waals surface area contributed by atoms with E-state index in [1.807, 2.05) is 41.8 Å². The standard InChI is InChI=1S/C21H22ClN3O2S/c1-24(21(27)14-6-4-7-14)13-20(26)25-18(15-8-2-3-9-16(15)22)12-17(23-25)19-10-5-11-28-19/h2-3,5,8-11,14,18H,4,6-7,12-13H2,1H3/t18-/m0/s1. The van der Waals surface area contributed by atoms with Crippen LogP contribution < -0.4 is 0 Å². The van der Waals surface area contributed by atoms with Crippen LogP contribution in [-0.2, 0) is 9.59 Å². The van der Waals surface area contributed by atoms with E-state index >= 15 is 0 Å². The largest absolute Gasteiger partial charge is 0.336 e.